The van der Waals surface area contributed by atoms with E-state index >= 15 is 0 Å². The second kappa shape index (κ2) is 6.18. The van der Waals surface area contributed by atoms with Gasteiger partial charge in [0.1, 0.15) is 0 Å². The van der Waals surface area contributed by atoms with Crippen LogP contribution in [0.3, 0.4) is 0 Å². The molecule has 0 aromatic heterocycles. The van der Waals surface area contributed by atoms with Crippen LogP contribution in [0.25, 0.3) is 0 Å². The topological polar surface area (TPSA) is 67.1 Å². The maximum absolute atomic E-state index is 11.5. The van der Waals surface area contributed by atoms with E-state index in [4.69, 9.17) is 5.73 Å². The molecule has 0 saturated heterocycles. The summed E-state index contributed by atoms with van der Waals surface area (Å²) in [6, 6.07) is 4.48. The zero-order valence-corrected chi connectivity index (χ0v) is 13.3. The summed E-state index contributed by atoms with van der Waals surface area (Å²) >= 11 is 1.94. The Morgan fingerprint density at radius 3 is 2.90 bits per heavy atom. The molecular weight excluding hydrogens is 282 g/mol. The van der Waals surface area contributed by atoms with Crippen molar-refractivity contribution in [1.29, 1.82) is 0 Å². The minimum atomic E-state index is 0.0953. The average molecular weight is 305 g/mol. The number of nitrogen functional groups attached to an aromatic ring is 1. The maximum atomic E-state index is 11.5. The largest absolute Gasteiger partial charge is 0.397 e. The Hall–Kier alpha value is -1.36. The van der Waals surface area contributed by atoms with Crippen molar-refractivity contribution in [3.63, 3.8) is 0 Å². The molecule has 1 fully saturated rings. The normalized spacial score (nSPS) is 25.1. The van der Waals surface area contributed by atoms with Gasteiger partial charge in [0.15, 0.2) is 0 Å². The molecule has 3 rings (SSSR count). The molecule has 1 saturated carbocycles. The second-order valence-corrected chi connectivity index (χ2v) is 7.03. The van der Waals surface area contributed by atoms with E-state index in [2.05, 4.69) is 16.9 Å². The van der Waals surface area contributed by atoms with E-state index in [1.54, 1.807) is 0 Å². The molecule has 4 N–H and O–H groups in total. The van der Waals surface area contributed by atoms with Crippen molar-refractivity contribution in [2.45, 2.75) is 49.8 Å². The zero-order valence-electron chi connectivity index (χ0n) is 12.4. The van der Waals surface area contributed by atoms with E-state index in [1.165, 1.54) is 25.7 Å². The third-order valence-electron chi connectivity index (χ3n) is 4.52. The SMILES string of the molecule is CSC1CCCCC1Nc1cc2c(cc1N)CCC(=O)N2. The summed E-state index contributed by atoms with van der Waals surface area (Å²) in [5.41, 5.74) is 10.0. The number of benzene rings is 1. The van der Waals surface area contributed by atoms with Gasteiger partial charge in [0.25, 0.3) is 0 Å². The molecule has 2 atom stereocenters. The molecule has 0 bridgehead atoms. The van der Waals surface area contributed by atoms with Crippen LogP contribution in [0.15, 0.2) is 12.1 Å². The van der Waals surface area contributed by atoms with Crippen molar-refractivity contribution < 1.29 is 4.79 Å². The highest BCUT2D eigenvalue weighted by atomic mass is 32.2. The summed E-state index contributed by atoms with van der Waals surface area (Å²) in [6.45, 7) is 0. The molecule has 0 spiro atoms. The van der Waals surface area contributed by atoms with Crippen LogP contribution in [0.2, 0.25) is 0 Å². The summed E-state index contributed by atoms with van der Waals surface area (Å²) in [4.78, 5) is 11.5. The van der Waals surface area contributed by atoms with Crippen LogP contribution in [0.1, 0.15) is 37.7 Å². The quantitative estimate of drug-likeness (QED) is 0.750. The second-order valence-electron chi connectivity index (χ2n) is 5.95. The molecule has 1 amide bonds. The van der Waals surface area contributed by atoms with Gasteiger partial charge in [-0.05, 0) is 43.2 Å². The van der Waals surface area contributed by atoms with Gasteiger partial charge in [-0.3, -0.25) is 4.79 Å². The van der Waals surface area contributed by atoms with Crippen LogP contribution in [-0.2, 0) is 11.2 Å². The van der Waals surface area contributed by atoms with E-state index in [-0.39, 0.29) is 5.91 Å². The lowest BCUT2D eigenvalue weighted by Gasteiger charge is -2.32. The maximum Gasteiger partial charge on any atom is 0.224 e. The van der Waals surface area contributed by atoms with E-state index in [0.717, 1.165) is 29.0 Å². The summed E-state index contributed by atoms with van der Waals surface area (Å²) in [6.07, 6.45) is 8.56. The molecule has 0 radical (unpaired) electrons. The number of carbonyl (C=O) groups excluding carboxylic acids is 1. The molecule has 2 aliphatic rings. The molecule has 4 nitrogen and oxygen atoms in total. The van der Waals surface area contributed by atoms with Crippen LogP contribution in [-0.4, -0.2) is 23.5 Å². The number of aryl methyl sites for hydroxylation is 1. The van der Waals surface area contributed by atoms with Crippen LogP contribution >= 0.6 is 11.8 Å². The fourth-order valence-corrected chi connectivity index (χ4v) is 4.25. The Kier molecular flexibility index (Phi) is 4.29. The Morgan fingerprint density at radius 1 is 1.29 bits per heavy atom. The Morgan fingerprint density at radius 2 is 2.10 bits per heavy atom. The number of nitrogens with two attached hydrogens (primary N) is 1. The van der Waals surface area contributed by atoms with Gasteiger partial charge in [-0.1, -0.05) is 12.8 Å². The number of hydrogen-bond donors (Lipinski definition) is 3. The zero-order chi connectivity index (χ0) is 14.8. The first kappa shape index (κ1) is 14.6. The summed E-state index contributed by atoms with van der Waals surface area (Å²) in [7, 11) is 0. The number of fused-ring (bicyclic) bond motifs is 1. The minimum absolute atomic E-state index is 0.0953. The Bertz CT molecular complexity index is 547. The highest BCUT2D eigenvalue weighted by Gasteiger charge is 2.25. The number of rotatable bonds is 3. The van der Waals surface area contributed by atoms with Gasteiger partial charge >= 0.3 is 0 Å². The van der Waals surface area contributed by atoms with Gasteiger partial charge < -0.3 is 16.4 Å². The van der Waals surface area contributed by atoms with Crippen molar-refractivity contribution in [3.05, 3.63) is 17.7 Å². The van der Waals surface area contributed by atoms with Crippen molar-refractivity contribution in [3.8, 4) is 0 Å². The molecule has 114 valence electrons. The monoisotopic (exact) mass is 305 g/mol. The summed E-state index contributed by atoms with van der Waals surface area (Å²) < 4.78 is 0. The van der Waals surface area contributed by atoms with Crippen molar-refractivity contribution in [2.75, 3.05) is 22.6 Å². The molecule has 1 aromatic carbocycles. The molecule has 1 aliphatic carbocycles. The molecule has 5 heteroatoms. The summed E-state index contributed by atoms with van der Waals surface area (Å²) in [5, 5.41) is 7.21. The lowest BCUT2D eigenvalue weighted by molar-refractivity contribution is -0.116. The molecular formula is C16H23N3OS. The number of thioether (sulfide) groups is 1. The van der Waals surface area contributed by atoms with E-state index in [1.807, 2.05) is 23.9 Å². The third kappa shape index (κ3) is 3.12. The van der Waals surface area contributed by atoms with Gasteiger partial charge in [0, 0.05) is 23.4 Å². The number of hydrogen-bond acceptors (Lipinski definition) is 4. The third-order valence-corrected chi connectivity index (χ3v) is 5.69. The number of amides is 1. The van der Waals surface area contributed by atoms with Gasteiger partial charge in [0.2, 0.25) is 5.91 Å². The minimum Gasteiger partial charge on any atom is -0.397 e. The van der Waals surface area contributed by atoms with Crippen LogP contribution in [0, 0.1) is 0 Å². The smallest absolute Gasteiger partial charge is 0.224 e. The number of carbonyl (C=O) groups is 1. The van der Waals surface area contributed by atoms with Gasteiger partial charge in [-0.15, -0.1) is 0 Å². The lowest BCUT2D eigenvalue weighted by Crippen LogP contribution is -2.34. The first-order valence-electron chi connectivity index (χ1n) is 7.69. The molecule has 2 unspecified atom stereocenters. The highest BCUT2D eigenvalue weighted by Crippen LogP contribution is 2.34. The number of anilines is 3. The van der Waals surface area contributed by atoms with Crippen molar-refractivity contribution >= 4 is 34.7 Å². The van der Waals surface area contributed by atoms with E-state index in [9.17, 15) is 4.79 Å². The standard InChI is InChI=1S/C16H23N3OS/c1-21-15-5-3-2-4-12(15)18-14-9-13-10(8-11(14)17)6-7-16(20)19-13/h8-9,12,15,18H,2-7,17H2,1H3,(H,19,20). The number of nitrogens with one attached hydrogen (secondary N) is 2. The van der Waals surface area contributed by atoms with Crippen LogP contribution < -0.4 is 16.4 Å². The fourth-order valence-electron chi connectivity index (χ4n) is 3.32. The first-order chi connectivity index (χ1) is 10.2. The van der Waals surface area contributed by atoms with Crippen LogP contribution in [0.4, 0.5) is 17.1 Å². The Labute approximate surface area is 130 Å². The van der Waals surface area contributed by atoms with Crippen molar-refractivity contribution in [2.24, 2.45) is 0 Å². The molecule has 1 heterocycles. The van der Waals surface area contributed by atoms with E-state index < -0.39 is 0 Å². The van der Waals surface area contributed by atoms with Crippen LogP contribution in [0.5, 0.6) is 0 Å². The predicted molar refractivity (Wildman–Crippen MR) is 91.0 cm³/mol. The molecule has 1 aliphatic heterocycles. The van der Waals surface area contributed by atoms with Gasteiger partial charge in [0.05, 0.1) is 11.4 Å². The molecule has 21 heavy (non-hydrogen) atoms. The Balaban J connectivity index is 1.81. The first-order valence-corrected chi connectivity index (χ1v) is 8.97. The summed E-state index contributed by atoms with van der Waals surface area (Å²) in [5.74, 6) is 0.0953. The van der Waals surface area contributed by atoms with Crippen molar-refractivity contribution in [1.82, 2.24) is 0 Å². The fraction of sp³-hybridized carbons (Fsp3) is 0.562. The van der Waals surface area contributed by atoms with Gasteiger partial charge in [-0.2, -0.15) is 11.8 Å². The highest BCUT2D eigenvalue weighted by molar-refractivity contribution is 7.99. The predicted octanol–water partition coefficient (Wildman–Crippen LogP) is 3.24. The lowest BCUT2D eigenvalue weighted by atomic mass is 9.94. The van der Waals surface area contributed by atoms with E-state index in [0.29, 0.717) is 17.7 Å². The van der Waals surface area contributed by atoms with Gasteiger partial charge in [-0.25, -0.2) is 0 Å². The average Bonchev–Trinajstić information content (AvgIpc) is 2.49. The molecule has 1 aromatic rings.